The van der Waals surface area contributed by atoms with Crippen LogP contribution < -0.4 is 10.2 Å². The molecule has 0 aliphatic carbocycles. The number of halogens is 1. The number of benzene rings is 1. The number of nitrogens with zero attached hydrogens (tertiary/aromatic N) is 4. The first-order chi connectivity index (χ1) is 16.7. The van der Waals surface area contributed by atoms with Crippen molar-refractivity contribution in [3.8, 4) is 0 Å². The first kappa shape index (κ1) is 27.6. The first-order valence-electron chi connectivity index (χ1n) is 12.1. The van der Waals surface area contributed by atoms with E-state index in [2.05, 4.69) is 20.2 Å². The lowest BCUT2D eigenvalue weighted by Gasteiger charge is -2.40. The Hall–Kier alpha value is -2.95. The molecule has 0 spiro atoms. The number of aromatic nitrogens is 2. The van der Waals surface area contributed by atoms with Crippen LogP contribution in [-0.4, -0.2) is 66.4 Å². The van der Waals surface area contributed by atoms with Crippen LogP contribution in [0.2, 0.25) is 0 Å². The van der Waals surface area contributed by atoms with Gasteiger partial charge in [0.15, 0.2) is 9.84 Å². The number of likely N-dealkylation sites (tertiary alicyclic amines) is 1. The molecule has 1 N–H and O–H groups in total. The van der Waals surface area contributed by atoms with Crippen molar-refractivity contribution in [2.75, 3.05) is 29.6 Å². The zero-order valence-corrected chi connectivity index (χ0v) is 22.6. The molecule has 3 rings (SSSR count). The molecule has 1 amide bonds. The second-order valence-electron chi connectivity index (χ2n) is 10.4. The number of sulfone groups is 1. The van der Waals surface area contributed by atoms with E-state index in [1.807, 2.05) is 39.5 Å². The molecule has 198 valence electrons. The van der Waals surface area contributed by atoms with Gasteiger partial charge in [-0.15, -0.1) is 0 Å². The highest BCUT2D eigenvalue weighted by molar-refractivity contribution is 7.90. The predicted octanol–water partition coefficient (Wildman–Crippen LogP) is 4.77. The van der Waals surface area contributed by atoms with Gasteiger partial charge in [0.05, 0.1) is 16.6 Å². The van der Waals surface area contributed by atoms with Gasteiger partial charge in [0, 0.05) is 31.5 Å². The number of hydrogen-bond donors (Lipinski definition) is 1. The van der Waals surface area contributed by atoms with Crippen LogP contribution in [0.15, 0.2) is 35.5 Å². The minimum absolute atomic E-state index is 0.0386. The van der Waals surface area contributed by atoms with Crippen LogP contribution in [0.3, 0.4) is 0 Å². The van der Waals surface area contributed by atoms with E-state index >= 15 is 0 Å². The maximum atomic E-state index is 14.6. The topological polar surface area (TPSA) is 105 Å². The van der Waals surface area contributed by atoms with Gasteiger partial charge in [-0.2, -0.15) is 0 Å². The average molecular weight is 522 g/mol. The molecular formula is C25H36FN5O4S. The summed E-state index contributed by atoms with van der Waals surface area (Å²) in [5.74, 6) is 0.295. The summed E-state index contributed by atoms with van der Waals surface area (Å²) in [7, 11) is -3.51. The second kappa shape index (κ2) is 11.0. The average Bonchev–Trinajstić information content (AvgIpc) is 2.77. The summed E-state index contributed by atoms with van der Waals surface area (Å²) in [6.45, 7) is 10.9. The highest BCUT2D eigenvalue weighted by atomic mass is 32.2. The number of rotatable bonds is 7. The van der Waals surface area contributed by atoms with Crippen LogP contribution in [0.5, 0.6) is 0 Å². The molecule has 2 heterocycles. The Morgan fingerprint density at radius 3 is 2.58 bits per heavy atom. The molecule has 2 aromatic rings. The van der Waals surface area contributed by atoms with Crippen molar-refractivity contribution in [1.82, 2.24) is 14.9 Å². The molecule has 36 heavy (non-hydrogen) atoms. The molecule has 1 aliphatic rings. The number of carbonyl (C=O) groups excluding carboxylic acids is 1. The van der Waals surface area contributed by atoms with E-state index in [0.717, 1.165) is 31.6 Å². The van der Waals surface area contributed by atoms with Gasteiger partial charge in [0.2, 0.25) is 0 Å². The maximum absolute atomic E-state index is 14.6. The smallest absolute Gasteiger partial charge is 0.410 e. The predicted molar refractivity (Wildman–Crippen MR) is 138 cm³/mol. The minimum Gasteiger partial charge on any atom is -0.444 e. The zero-order valence-electron chi connectivity index (χ0n) is 21.8. The third-order valence-electron chi connectivity index (χ3n) is 5.86. The number of amides is 1. The monoisotopic (exact) mass is 521 g/mol. The molecule has 9 nitrogen and oxygen atoms in total. The van der Waals surface area contributed by atoms with E-state index in [1.54, 1.807) is 6.07 Å². The van der Waals surface area contributed by atoms with Gasteiger partial charge >= 0.3 is 6.09 Å². The lowest BCUT2D eigenvalue weighted by molar-refractivity contribution is 0.0106. The van der Waals surface area contributed by atoms with E-state index in [9.17, 15) is 17.6 Å². The zero-order chi connectivity index (χ0) is 26.7. The molecule has 1 fully saturated rings. The third-order valence-corrected chi connectivity index (χ3v) is 6.97. The van der Waals surface area contributed by atoms with Crippen LogP contribution in [0.1, 0.15) is 53.9 Å². The molecule has 11 heteroatoms. The Morgan fingerprint density at radius 2 is 1.97 bits per heavy atom. The van der Waals surface area contributed by atoms with E-state index in [0.29, 0.717) is 24.7 Å². The number of nitrogens with one attached hydrogen (secondary N) is 1. The van der Waals surface area contributed by atoms with Crippen molar-refractivity contribution in [3.05, 3.63) is 36.4 Å². The van der Waals surface area contributed by atoms with Crippen molar-refractivity contribution < 1.29 is 22.3 Å². The fraction of sp³-hybridized carbons (Fsp3) is 0.560. The van der Waals surface area contributed by atoms with Gasteiger partial charge in [-0.1, -0.05) is 0 Å². The summed E-state index contributed by atoms with van der Waals surface area (Å²) in [6.07, 6.45) is 4.92. The van der Waals surface area contributed by atoms with E-state index in [4.69, 9.17) is 4.74 Å². The van der Waals surface area contributed by atoms with Crippen molar-refractivity contribution in [2.45, 2.75) is 76.5 Å². The van der Waals surface area contributed by atoms with E-state index < -0.39 is 21.3 Å². The molecule has 0 bridgehead atoms. The number of carbonyl (C=O) groups is 1. The Balaban J connectivity index is 1.81. The van der Waals surface area contributed by atoms with Crippen LogP contribution in [0, 0.1) is 5.82 Å². The molecule has 1 aromatic carbocycles. The normalized spacial score (nSPS) is 16.7. The van der Waals surface area contributed by atoms with Gasteiger partial charge in [-0.3, -0.25) is 0 Å². The number of ether oxygens (including phenoxy) is 1. The molecule has 0 saturated carbocycles. The summed E-state index contributed by atoms with van der Waals surface area (Å²) in [4.78, 5) is 25.3. The highest BCUT2D eigenvalue weighted by Crippen LogP contribution is 2.27. The Bertz CT molecular complexity index is 1180. The van der Waals surface area contributed by atoms with Gasteiger partial charge < -0.3 is 19.9 Å². The van der Waals surface area contributed by atoms with Crippen molar-refractivity contribution in [2.24, 2.45) is 0 Å². The standard InChI is InChI=1S/C25H36FN5O4S/c1-17(2)31(15-18-9-7-8-12-30(18)24(32)35-25(3,4)5)23-14-22(27-16-28-23)29-21-11-10-19(13-20(21)26)36(6,33)34/h10-11,13-14,16-18H,7-9,12,15H2,1-6H3,(H,27,28,29). The maximum Gasteiger partial charge on any atom is 0.410 e. The summed E-state index contributed by atoms with van der Waals surface area (Å²) in [5, 5.41) is 2.91. The molecule has 0 radical (unpaired) electrons. The number of hydrogen-bond acceptors (Lipinski definition) is 8. The number of piperidine rings is 1. The summed E-state index contributed by atoms with van der Waals surface area (Å²) in [6, 6.07) is 5.44. The van der Waals surface area contributed by atoms with Crippen molar-refractivity contribution in [3.63, 3.8) is 0 Å². The van der Waals surface area contributed by atoms with Crippen LogP contribution in [0.25, 0.3) is 0 Å². The van der Waals surface area contributed by atoms with Gasteiger partial charge in [0.1, 0.15) is 29.4 Å². The van der Waals surface area contributed by atoms with Crippen molar-refractivity contribution in [1.29, 1.82) is 0 Å². The Kier molecular flexibility index (Phi) is 8.43. The van der Waals surface area contributed by atoms with Crippen LogP contribution in [0.4, 0.5) is 26.5 Å². The molecule has 1 saturated heterocycles. The Morgan fingerprint density at radius 1 is 1.25 bits per heavy atom. The largest absolute Gasteiger partial charge is 0.444 e. The van der Waals surface area contributed by atoms with Crippen LogP contribution in [-0.2, 0) is 14.6 Å². The lowest BCUT2D eigenvalue weighted by Crippen LogP contribution is -2.52. The van der Waals surface area contributed by atoms with Gasteiger partial charge in [-0.25, -0.2) is 27.6 Å². The third kappa shape index (κ3) is 7.28. The molecular weight excluding hydrogens is 485 g/mol. The van der Waals surface area contributed by atoms with E-state index in [-0.39, 0.29) is 28.8 Å². The van der Waals surface area contributed by atoms with E-state index in [1.165, 1.54) is 18.5 Å². The fourth-order valence-corrected chi connectivity index (χ4v) is 4.72. The number of anilines is 3. The van der Waals surface area contributed by atoms with Crippen molar-refractivity contribution >= 4 is 33.3 Å². The minimum atomic E-state index is -3.51. The molecule has 1 atom stereocenters. The SMILES string of the molecule is CC(C)N(CC1CCCCN1C(=O)OC(C)(C)C)c1cc(Nc2ccc(S(C)(=O)=O)cc2F)ncn1. The van der Waals surface area contributed by atoms with Gasteiger partial charge in [0.25, 0.3) is 0 Å². The lowest BCUT2D eigenvalue weighted by atomic mass is 10.0. The molecule has 1 unspecified atom stereocenters. The van der Waals surface area contributed by atoms with Crippen LogP contribution >= 0.6 is 0 Å². The molecule has 1 aliphatic heterocycles. The quantitative estimate of drug-likeness (QED) is 0.556. The highest BCUT2D eigenvalue weighted by Gasteiger charge is 2.32. The Labute approximate surface area is 213 Å². The summed E-state index contributed by atoms with van der Waals surface area (Å²) in [5.41, 5.74) is -0.467. The molecule has 1 aromatic heterocycles. The van der Waals surface area contributed by atoms with Gasteiger partial charge in [-0.05, 0) is 72.1 Å². The summed E-state index contributed by atoms with van der Waals surface area (Å²) >= 11 is 0. The summed E-state index contributed by atoms with van der Waals surface area (Å²) < 4.78 is 43.6. The second-order valence-corrected chi connectivity index (χ2v) is 12.4. The first-order valence-corrected chi connectivity index (χ1v) is 14.0. The fourth-order valence-electron chi connectivity index (χ4n) is 4.09.